The van der Waals surface area contributed by atoms with Crippen LogP contribution in [0.2, 0.25) is 0 Å². The van der Waals surface area contributed by atoms with Crippen LogP contribution in [0.25, 0.3) is 104 Å². The zero-order valence-corrected chi connectivity index (χ0v) is 31.0. The first-order valence-electron chi connectivity index (χ1n) is 18.8. The summed E-state index contributed by atoms with van der Waals surface area (Å²) in [5, 5.41) is 10.2. The minimum Gasteiger partial charge on any atom is -0.231 e. The molecule has 4 aromatic heterocycles. The lowest BCUT2D eigenvalue weighted by molar-refractivity contribution is 0.979. The molecule has 0 aliphatic heterocycles. The van der Waals surface area contributed by atoms with E-state index in [1.807, 2.05) is 29.5 Å². The van der Waals surface area contributed by atoms with Crippen molar-refractivity contribution in [1.29, 1.82) is 0 Å². The summed E-state index contributed by atoms with van der Waals surface area (Å²) in [6.07, 6.45) is 0. The van der Waals surface area contributed by atoms with Gasteiger partial charge in [0.2, 0.25) is 0 Å². The number of benzene rings is 7. The fraction of sp³-hybridized carbons (Fsp3) is 0. The highest BCUT2D eigenvalue weighted by atomic mass is 32.1. The van der Waals surface area contributed by atoms with Gasteiger partial charge in [-0.25, -0.2) is 14.5 Å². The molecule has 0 aliphatic rings. The molecule has 0 radical (unpaired) electrons. The van der Waals surface area contributed by atoms with Crippen molar-refractivity contribution in [2.45, 2.75) is 0 Å². The van der Waals surface area contributed by atoms with Gasteiger partial charge in [0, 0.05) is 58.9 Å². The Morgan fingerprint density at radius 3 is 1.80 bits per heavy atom. The second-order valence-electron chi connectivity index (χ2n) is 14.0. The molecule has 5 heteroatoms. The van der Waals surface area contributed by atoms with Crippen molar-refractivity contribution in [3.63, 3.8) is 0 Å². The van der Waals surface area contributed by atoms with Crippen LogP contribution in [-0.4, -0.2) is 19.6 Å². The van der Waals surface area contributed by atoms with Crippen LogP contribution in [0.4, 0.5) is 0 Å². The number of fused-ring (bicyclic) bond motifs is 6. The predicted molar refractivity (Wildman–Crippen MR) is 234 cm³/mol. The molecule has 11 aromatic rings. The van der Waals surface area contributed by atoms with E-state index in [4.69, 9.17) is 15.1 Å². The maximum atomic E-state index is 5.39. The van der Waals surface area contributed by atoms with E-state index in [2.05, 4.69) is 180 Å². The van der Waals surface area contributed by atoms with E-state index >= 15 is 0 Å². The minimum atomic E-state index is 0.704. The number of pyridine rings is 1. The van der Waals surface area contributed by atoms with Gasteiger partial charge in [0.05, 0.1) is 22.6 Å². The van der Waals surface area contributed by atoms with E-state index in [1.165, 1.54) is 25.6 Å². The number of aromatic nitrogens is 4. The molecule has 0 saturated carbocycles. The van der Waals surface area contributed by atoms with Crippen LogP contribution in [0.1, 0.15) is 0 Å². The predicted octanol–water partition coefficient (Wildman–Crippen LogP) is 13.6. The molecule has 56 heavy (non-hydrogen) atoms. The van der Waals surface area contributed by atoms with Gasteiger partial charge in [0.1, 0.15) is 5.69 Å². The Balaban J connectivity index is 1.09. The third-order valence-corrected chi connectivity index (χ3v) is 11.9. The van der Waals surface area contributed by atoms with Crippen molar-refractivity contribution in [3.05, 3.63) is 194 Å². The van der Waals surface area contributed by atoms with Gasteiger partial charge in [-0.2, -0.15) is 5.10 Å². The summed E-state index contributed by atoms with van der Waals surface area (Å²) >= 11 is 1.82. The third kappa shape index (κ3) is 5.40. The molecule has 7 aromatic carbocycles. The number of hydrogen-bond donors (Lipinski definition) is 0. The first kappa shape index (κ1) is 32.2. The average molecular weight is 733 g/mol. The fourth-order valence-corrected chi connectivity index (χ4v) is 9.21. The van der Waals surface area contributed by atoms with Gasteiger partial charge in [0.15, 0.2) is 5.82 Å². The summed E-state index contributed by atoms with van der Waals surface area (Å²) < 4.78 is 4.65. The number of rotatable bonds is 6. The van der Waals surface area contributed by atoms with Gasteiger partial charge in [-0.3, -0.25) is 0 Å². The largest absolute Gasteiger partial charge is 0.231 e. The van der Waals surface area contributed by atoms with Crippen LogP contribution in [-0.2, 0) is 0 Å². The van der Waals surface area contributed by atoms with E-state index in [-0.39, 0.29) is 0 Å². The smallest absolute Gasteiger partial charge is 0.160 e. The van der Waals surface area contributed by atoms with Gasteiger partial charge in [-0.05, 0) is 29.1 Å². The van der Waals surface area contributed by atoms with Crippen LogP contribution < -0.4 is 0 Å². The lowest BCUT2D eigenvalue weighted by atomic mass is 9.97. The van der Waals surface area contributed by atoms with Gasteiger partial charge >= 0.3 is 0 Å². The molecule has 0 unspecified atom stereocenters. The Hall–Kier alpha value is -7.21. The highest BCUT2D eigenvalue weighted by Gasteiger charge is 2.22. The number of thiophene rings is 1. The zero-order valence-electron chi connectivity index (χ0n) is 30.2. The van der Waals surface area contributed by atoms with Crippen molar-refractivity contribution in [1.82, 2.24) is 19.6 Å². The Kier molecular flexibility index (Phi) is 7.64. The van der Waals surface area contributed by atoms with E-state index in [1.54, 1.807) is 0 Å². The lowest BCUT2D eigenvalue weighted by Crippen LogP contribution is -1.97. The summed E-state index contributed by atoms with van der Waals surface area (Å²) in [6, 6.07) is 68.3. The Labute approximate surface area is 327 Å². The van der Waals surface area contributed by atoms with Gasteiger partial charge in [-0.15, -0.1) is 11.3 Å². The van der Waals surface area contributed by atoms with Gasteiger partial charge in [-0.1, -0.05) is 176 Å². The second-order valence-corrected chi connectivity index (χ2v) is 15.1. The normalized spacial score (nSPS) is 11.6. The van der Waals surface area contributed by atoms with Gasteiger partial charge < -0.3 is 0 Å². The maximum Gasteiger partial charge on any atom is 0.160 e. The molecule has 0 fully saturated rings. The molecule has 0 amide bonds. The highest BCUT2D eigenvalue weighted by Crippen LogP contribution is 2.42. The van der Waals surface area contributed by atoms with Crippen molar-refractivity contribution in [2.24, 2.45) is 0 Å². The SMILES string of the molecule is c1ccc(-c2nc(-c3ccc(-c4cc5ccccc5c5c(-c6ccccc6)c(-c6ccccc6)nn45)cc3)cc(-c3cccc4c3sc3ccccc34)n2)cc1. The summed E-state index contributed by atoms with van der Waals surface area (Å²) in [5.74, 6) is 0.704. The molecule has 4 nitrogen and oxygen atoms in total. The van der Waals surface area contributed by atoms with E-state index in [0.717, 1.165) is 72.6 Å². The highest BCUT2D eigenvalue weighted by molar-refractivity contribution is 7.26. The van der Waals surface area contributed by atoms with Crippen LogP contribution in [0.5, 0.6) is 0 Å². The zero-order chi connectivity index (χ0) is 37.0. The quantitative estimate of drug-likeness (QED) is 0.171. The Morgan fingerprint density at radius 2 is 1.04 bits per heavy atom. The Morgan fingerprint density at radius 1 is 0.429 bits per heavy atom. The molecule has 0 aliphatic carbocycles. The van der Waals surface area contributed by atoms with Crippen molar-refractivity contribution in [3.8, 4) is 67.5 Å². The van der Waals surface area contributed by atoms with Crippen molar-refractivity contribution in [2.75, 3.05) is 0 Å². The monoisotopic (exact) mass is 732 g/mol. The third-order valence-electron chi connectivity index (χ3n) is 10.6. The molecule has 0 N–H and O–H groups in total. The number of nitrogens with zero attached hydrogens (tertiary/aromatic N) is 4. The maximum absolute atomic E-state index is 5.39. The van der Waals surface area contributed by atoms with Crippen LogP contribution in [0.15, 0.2) is 194 Å². The topological polar surface area (TPSA) is 43.1 Å². The van der Waals surface area contributed by atoms with E-state index in [0.29, 0.717) is 5.82 Å². The van der Waals surface area contributed by atoms with Crippen LogP contribution in [0.3, 0.4) is 0 Å². The fourth-order valence-electron chi connectivity index (χ4n) is 7.98. The summed E-state index contributed by atoms with van der Waals surface area (Å²) in [6.45, 7) is 0. The molecule has 4 heterocycles. The van der Waals surface area contributed by atoms with Crippen molar-refractivity contribution < 1.29 is 0 Å². The Bertz CT molecular complexity index is 3220. The van der Waals surface area contributed by atoms with Gasteiger partial charge in [0.25, 0.3) is 0 Å². The molecule has 0 spiro atoms. The van der Waals surface area contributed by atoms with Crippen molar-refractivity contribution >= 4 is 47.8 Å². The first-order chi connectivity index (χ1) is 27.8. The first-order valence-corrected chi connectivity index (χ1v) is 19.6. The molecule has 262 valence electrons. The summed E-state index contributed by atoms with van der Waals surface area (Å²) in [7, 11) is 0. The average Bonchev–Trinajstić information content (AvgIpc) is 3.87. The standard InChI is InChI=1S/C51H32N4S/c1-4-15-35(16-5-1)47-48(36-17-6-2-7-18-36)54-55-45(31-38-21-10-11-22-39(38)49(47)55)34-29-27-33(28-30-34)43-32-44(53-51(52-43)37-19-8-3-9-20-37)42-25-14-24-41-40-23-12-13-26-46(40)56-50(41)42/h1-32H. The molecule has 0 saturated heterocycles. The van der Waals surface area contributed by atoms with Crippen LogP contribution >= 0.6 is 11.3 Å². The molecule has 0 bridgehead atoms. The summed E-state index contributed by atoms with van der Waals surface area (Å²) in [5.41, 5.74) is 12.4. The molecular formula is C51H32N4S. The molecule has 0 atom stereocenters. The van der Waals surface area contributed by atoms with E-state index < -0.39 is 0 Å². The number of hydrogen-bond acceptors (Lipinski definition) is 4. The lowest BCUT2D eigenvalue weighted by Gasteiger charge is -2.12. The minimum absolute atomic E-state index is 0.704. The summed E-state index contributed by atoms with van der Waals surface area (Å²) in [4.78, 5) is 10.4. The molecular weight excluding hydrogens is 701 g/mol. The van der Waals surface area contributed by atoms with E-state index in [9.17, 15) is 0 Å². The second kappa shape index (κ2) is 13.3. The molecule has 11 rings (SSSR count). The van der Waals surface area contributed by atoms with Crippen LogP contribution in [0, 0.1) is 0 Å².